The number of aryl methyl sites for hydroxylation is 1. The second-order valence-corrected chi connectivity index (χ2v) is 3.70. The number of aromatic nitrogens is 2. The van der Waals surface area contributed by atoms with E-state index < -0.39 is 17.7 Å². The van der Waals surface area contributed by atoms with Crippen molar-refractivity contribution in [2.24, 2.45) is 0 Å². The Balaban J connectivity index is 2.44. The third-order valence-corrected chi connectivity index (χ3v) is 2.47. The fourth-order valence-corrected chi connectivity index (χ4v) is 1.52. The van der Waals surface area contributed by atoms with Gasteiger partial charge in [0.05, 0.1) is 0 Å². The monoisotopic (exact) mass is 236 g/mol. The Morgan fingerprint density at radius 2 is 1.76 bits per heavy atom. The molecule has 17 heavy (non-hydrogen) atoms. The molecule has 2 aromatic rings. The number of hydrogen-bond donors (Lipinski definition) is 1. The highest BCUT2D eigenvalue weighted by Gasteiger charge is 2.17. The Morgan fingerprint density at radius 1 is 1.12 bits per heavy atom. The van der Waals surface area contributed by atoms with Gasteiger partial charge in [0.25, 0.3) is 0 Å². The summed E-state index contributed by atoms with van der Waals surface area (Å²) in [6.07, 6.45) is 2.88. The van der Waals surface area contributed by atoms with E-state index in [9.17, 15) is 13.9 Å². The van der Waals surface area contributed by atoms with E-state index in [1.807, 2.05) is 0 Å². The first-order valence-corrected chi connectivity index (χ1v) is 4.98. The normalized spacial score (nSPS) is 12.5. The fraction of sp³-hybridized carbons (Fsp3) is 0.167. The molecular formula is C12H10F2N2O. The molecule has 0 aliphatic heterocycles. The van der Waals surface area contributed by atoms with Gasteiger partial charge in [-0.3, -0.25) is 0 Å². The Hall–Kier alpha value is -1.88. The molecule has 0 aliphatic carbocycles. The van der Waals surface area contributed by atoms with Crippen LogP contribution in [0.3, 0.4) is 0 Å². The SMILES string of the molecule is Cc1cc(C(O)c2cncnc2)c(F)cc1F. The molecule has 1 aromatic carbocycles. The zero-order chi connectivity index (χ0) is 12.4. The number of aliphatic hydroxyl groups excluding tert-OH is 1. The van der Waals surface area contributed by atoms with Crippen LogP contribution in [0, 0.1) is 18.6 Å². The molecule has 1 atom stereocenters. The average Bonchev–Trinajstić information content (AvgIpc) is 2.34. The van der Waals surface area contributed by atoms with E-state index in [1.54, 1.807) is 0 Å². The Morgan fingerprint density at radius 3 is 2.41 bits per heavy atom. The predicted octanol–water partition coefficient (Wildman–Crippen LogP) is 2.14. The lowest BCUT2D eigenvalue weighted by atomic mass is 10.0. The van der Waals surface area contributed by atoms with Crippen molar-refractivity contribution >= 4 is 0 Å². The number of aliphatic hydroxyl groups is 1. The molecule has 0 aliphatic rings. The number of rotatable bonds is 2. The van der Waals surface area contributed by atoms with Gasteiger partial charge in [0.2, 0.25) is 0 Å². The summed E-state index contributed by atoms with van der Waals surface area (Å²) in [6.45, 7) is 1.51. The number of hydrogen-bond acceptors (Lipinski definition) is 3. The van der Waals surface area contributed by atoms with Crippen LogP contribution in [-0.2, 0) is 0 Å². The van der Waals surface area contributed by atoms with Gasteiger partial charge in [-0.2, -0.15) is 0 Å². The molecule has 0 saturated carbocycles. The minimum atomic E-state index is -1.20. The van der Waals surface area contributed by atoms with Gasteiger partial charge >= 0.3 is 0 Å². The molecule has 0 spiro atoms. The third-order valence-electron chi connectivity index (χ3n) is 2.47. The van der Waals surface area contributed by atoms with Crippen molar-refractivity contribution in [1.82, 2.24) is 9.97 Å². The zero-order valence-electron chi connectivity index (χ0n) is 9.06. The lowest BCUT2D eigenvalue weighted by Gasteiger charge is -2.12. The zero-order valence-corrected chi connectivity index (χ0v) is 9.06. The number of halogens is 2. The van der Waals surface area contributed by atoms with E-state index in [4.69, 9.17) is 0 Å². The van der Waals surface area contributed by atoms with Crippen molar-refractivity contribution in [3.8, 4) is 0 Å². The van der Waals surface area contributed by atoms with E-state index >= 15 is 0 Å². The van der Waals surface area contributed by atoms with Crippen LogP contribution >= 0.6 is 0 Å². The molecule has 2 rings (SSSR count). The molecule has 1 N–H and O–H groups in total. The van der Waals surface area contributed by atoms with Gasteiger partial charge in [0, 0.05) is 29.6 Å². The maximum atomic E-state index is 13.5. The van der Waals surface area contributed by atoms with Crippen LogP contribution in [0.15, 0.2) is 30.9 Å². The topological polar surface area (TPSA) is 46.0 Å². The van der Waals surface area contributed by atoms with Crippen LogP contribution < -0.4 is 0 Å². The highest BCUT2D eigenvalue weighted by atomic mass is 19.1. The maximum absolute atomic E-state index is 13.5. The van der Waals surface area contributed by atoms with Crippen LogP contribution in [-0.4, -0.2) is 15.1 Å². The van der Waals surface area contributed by atoms with E-state index in [1.165, 1.54) is 31.7 Å². The molecule has 0 saturated heterocycles. The quantitative estimate of drug-likeness (QED) is 0.868. The average molecular weight is 236 g/mol. The van der Waals surface area contributed by atoms with Crippen molar-refractivity contribution in [1.29, 1.82) is 0 Å². The van der Waals surface area contributed by atoms with Crippen molar-refractivity contribution < 1.29 is 13.9 Å². The maximum Gasteiger partial charge on any atom is 0.132 e. The van der Waals surface area contributed by atoms with Gasteiger partial charge in [-0.25, -0.2) is 18.7 Å². The molecule has 0 radical (unpaired) electrons. The Bertz CT molecular complexity index is 532. The molecule has 1 heterocycles. The summed E-state index contributed by atoms with van der Waals surface area (Å²) in [5, 5.41) is 9.95. The van der Waals surface area contributed by atoms with Crippen LogP contribution in [0.2, 0.25) is 0 Å². The molecule has 5 heteroatoms. The fourth-order valence-electron chi connectivity index (χ4n) is 1.52. The first-order chi connectivity index (χ1) is 8.09. The van der Waals surface area contributed by atoms with Crippen LogP contribution in [0.4, 0.5) is 8.78 Å². The Kier molecular flexibility index (Phi) is 3.10. The first kappa shape index (κ1) is 11.6. The van der Waals surface area contributed by atoms with Gasteiger partial charge in [0.1, 0.15) is 24.1 Å². The molecular weight excluding hydrogens is 226 g/mol. The highest BCUT2D eigenvalue weighted by molar-refractivity contribution is 5.32. The van der Waals surface area contributed by atoms with Gasteiger partial charge in [-0.15, -0.1) is 0 Å². The second kappa shape index (κ2) is 4.55. The standard InChI is InChI=1S/C12H10F2N2O/c1-7-2-9(11(14)3-10(7)13)12(17)8-4-15-6-16-5-8/h2-6,12,17H,1H3. The summed E-state index contributed by atoms with van der Waals surface area (Å²) >= 11 is 0. The van der Waals surface area contributed by atoms with Crippen molar-refractivity contribution in [3.63, 3.8) is 0 Å². The van der Waals surface area contributed by atoms with Crippen LogP contribution in [0.1, 0.15) is 22.8 Å². The third kappa shape index (κ3) is 2.29. The van der Waals surface area contributed by atoms with E-state index in [0.29, 0.717) is 5.56 Å². The molecule has 1 unspecified atom stereocenters. The molecule has 1 aromatic heterocycles. The smallest absolute Gasteiger partial charge is 0.132 e. The summed E-state index contributed by atoms with van der Waals surface area (Å²) in [5.41, 5.74) is 0.647. The van der Waals surface area contributed by atoms with Gasteiger partial charge in [0.15, 0.2) is 0 Å². The van der Waals surface area contributed by atoms with E-state index in [0.717, 1.165) is 6.07 Å². The molecule has 0 amide bonds. The van der Waals surface area contributed by atoms with Crippen molar-refractivity contribution in [2.45, 2.75) is 13.0 Å². The van der Waals surface area contributed by atoms with Gasteiger partial charge in [-0.1, -0.05) is 0 Å². The summed E-state index contributed by atoms with van der Waals surface area (Å²) in [7, 11) is 0. The van der Waals surface area contributed by atoms with Crippen LogP contribution in [0.25, 0.3) is 0 Å². The molecule has 88 valence electrons. The van der Waals surface area contributed by atoms with Crippen molar-refractivity contribution in [3.05, 3.63) is 59.2 Å². The second-order valence-electron chi connectivity index (χ2n) is 3.70. The van der Waals surface area contributed by atoms with E-state index in [2.05, 4.69) is 9.97 Å². The largest absolute Gasteiger partial charge is 0.383 e. The summed E-state index contributed by atoms with van der Waals surface area (Å²) < 4.78 is 26.6. The van der Waals surface area contributed by atoms with Crippen LogP contribution in [0.5, 0.6) is 0 Å². The lowest BCUT2D eigenvalue weighted by Crippen LogP contribution is -2.05. The number of benzene rings is 1. The van der Waals surface area contributed by atoms with Crippen molar-refractivity contribution in [2.75, 3.05) is 0 Å². The lowest BCUT2D eigenvalue weighted by molar-refractivity contribution is 0.213. The van der Waals surface area contributed by atoms with Gasteiger partial charge < -0.3 is 5.11 Å². The minimum Gasteiger partial charge on any atom is -0.383 e. The summed E-state index contributed by atoms with van der Waals surface area (Å²) in [5.74, 6) is -1.42. The molecule has 0 fully saturated rings. The first-order valence-electron chi connectivity index (χ1n) is 4.98. The molecule has 0 bridgehead atoms. The highest BCUT2D eigenvalue weighted by Crippen LogP contribution is 2.25. The van der Waals surface area contributed by atoms with E-state index in [-0.39, 0.29) is 11.1 Å². The summed E-state index contributed by atoms with van der Waals surface area (Å²) in [4.78, 5) is 7.47. The number of nitrogens with zero attached hydrogens (tertiary/aromatic N) is 2. The summed E-state index contributed by atoms with van der Waals surface area (Å²) in [6, 6.07) is 2.04. The minimum absolute atomic E-state index is 0.0127. The predicted molar refractivity (Wildman–Crippen MR) is 57.2 cm³/mol. The molecule has 3 nitrogen and oxygen atoms in total. The Labute approximate surface area is 96.8 Å². The van der Waals surface area contributed by atoms with Gasteiger partial charge in [-0.05, 0) is 18.6 Å².